The van der Waals surface area contributed by atoms with Crippen molar-refractivity contribution in [3.05, 3.63) is 30.1 Å². The number of aliphatic carboxylic acids is 1. The third kappa shape index (κ3) is 3.35. The lowest BCUT2D eigenvalue weighted by Gasteiger charge is -2.10. The molecule has 1 aromatic rings. The van der Waals surface area contributed by atoms with E-state index < -0.39 is 12.0 Å². The van der Waals surface area contributed by atoms with Crippen LogP contribution in [0.1, 0.15) is 31.9 Å². The fraction of sp³-hybridized carbons (Fsp3) is 0.500. The molecule has 1 N–H and O–H groups in total. The van der Waals surface area contributed by atoms with Crippen LogP contribution in [-0.4, -0.2) is 11.1 Å². The summed E-state index contributed by atoms with van der Waals surface area (Å²) in [4.78, 5) is 11.1. The van der Waals surface area contributed by atoms with Crippen molar-refractivity contribution in [1.82, 2.24) is 0 Å². The van der Waals surface area contributed by atoms with E-state index in [1.807, 2.05) is 45.3 Å². The number of hydrogen-bond donors (Lipinski definition) is 1. The number of carbonyl (C=O) groups is 1. The molecule has 0 aromatic carbocycles. The number of carboxylic acids is 1. The zero-order valence-electron chi connectivity index (χ0n) is 9.47. The molecule has 1 aromatic heterocycles. The predicted octanol–water partition coefficient (Wildman–Crippen LogP) is 1.95. The zero-order valence-corrected chi connectivity index (χ0v) is 9.47. The van der Waals surface area contributed by atoms with Crippen LogP contribution >= 0.6 is 0 Å². The van der Waals surface area contributed by atoms with Crippen LogP contribution in [0, 0.1) is 12.8 Å². The highest BCUT2D eigenvalue weighted by molar-refractivity contribution is 5.69. The average molecular weight is 208 g/mol. The average Bonchev–Trinajstić information content (AvgIpc) is 2.13. The molecule has 0 aliphatic heterocycles. The highest BCUT2D eigenvalue weighted by Gasteiger charge is 2.27. The maximum Gasteiger partial charge on any atom is 0.373 e. The van der Waals surface area contributed by atoms with Gasteiger partial charge < -0.3 is 5.11 Å². The number of aryl methyl sites for hydroxylation is 1. The minimum atomic E-state index is -0.765. The monoisotopic (exact) mass is 208 g/mol. The van der Waals surface area contributed by atoms with Crippen LogP contribution in [0.5, 0.6) is 0 Å². The van der Waals surface area contributed by atoms with Crippen LogP contribution in [0.15, 0.2) is 24.5 Å². The molecule has 0 spiro atoms. The van der Waals surface area contributed by atoms with Gasteiger partial charge in [-0.3, -0.25) is 0 Å². The van der Waals surface area contributed by atoms with Crippen molar-refractivity contribution >= 4 is 5.97 Å². The van der Waals surface area contributed by atoms with E-state index in [9.17, 15) is 4.79 Å². The molecule has 0 saturated carbocycles. The van der Waals surface area contributed by atoms with Crippen LogP contribution in [0.4, 0.5) is 0 Å². The summed E-state index contributed by atoms with van der Waals surface area (Å²) in [6.45, 7) is 6.03. The van der Waals surface area contributed by atoms with Crippen LogP contribution in [-0.2, 0) is 4.79 Å². The Labute approximate surface area is 90.4 Å². The Hall–Kier alpha value is -1.38. The normalized spacial score (nSPS) is 12.8. The molecule has 0 fully saturated rings. The quantitative estimate of drug-likeness (QED) is 0.768. The molecule has 1 atom stereocenters. The van der Waals surface area contributed by atoms with Crippen molar-refractivity contribution in [1.29, 1.82) is 0 Å². The highest BCUT2D eigenvalue weighted by Crippen LogP contribution is 2.12. The molecule has 82 valence electrons. The van der Waals surface area contributed by atoms with E-state index in [1.165, 1.54) is 0 Å². The van der Waals surface area contributed by atoms with Gasteiger partial charge in [0.2, 0.25) is 0 Å². The van der Waals surface area contributed by atoms with Crippen LogP contribution in [0.3, 0.4) is 0 Å². The number of hydrogen-bond acceptors (Lipinski definition) is 1. The molecule has 0 amide bonds. The smallest absolute Gasteiger partial charge is 0.373 e. The van der Waals surface area contributed by atoms with Crippen LogP contribution in [0.25, 0.3) is 0 Å². The largest absolute Gasteiger partial charge is 0.476 e. The Bertz CT molecular complexity index is 347. The Morgan fingerprint density at radius 3 is 2.67 bits per heavy atom. The maximum absolute atomic E-state index is 11.1. The fourth-order valence-electron chi connectivity index (χ4n) is 1.61. The summed E-state index contributed by atoms with van der Waals surface area (Å²) in [6.07, 6.45) is 4.35. The predicted molar refractivity (Wildman–Crippen MR) is 57.5 cm³/mol. The van der Waals surface area contributed by atoms with Gasteiger partial charge in [-0.05, 0) is 18.9 Å². The second kappa shape index (κ2) is 4.91. The van der Waals surface area contributed by atoms with E-state index in [0.717, 1.165) is 5.56 Å². The lowest BCUT2D eigenvalue weighted by atomic mass is 10.0. The Morgan fingerprint density at radius 2 is 2.20 bits per heavy atom. The molecule has 1 rings (SSSR count). The molecule has 3 heteroatoms. The summed E-state index contributed by atoms with van der Waals surface area (Å²) in [5, 5.41) is 9.15. The lowest BCUT2D eigenvalue weighted by molar-refractivity contribution is -0.712. The van der Waals surface area contributed by atoms with Crippen LogP contribution in [0.2, 0.25) is 0 Å². The van der Waals surface area contributed by atoms with Crippen molar-refractivity contribution in [2.45, 2.75) is 33.2 Å². The van der Waals surface area contributed by atoms with E-state index in [2.05, 4.69) is 0 Å². The van der Waals surface area contributed by atoms with Crippen molar-refractivity contribution in [3.63, 3.8) is 0 Å². The second-order valence-electron chi connectivity index (χ2n) is 4.31. The third-order valence-electron chi connectivity index (χ3n) is 2.31. The molecule has 0 bridgehead atoms. The summed E-state index contributed by atoms with van der Waals surface area (Å²) < 4.78 is 1.78. The van der Waals surface area contributed by atoms with Gasteiger partial charge in [0.25, 0.3) is 6.04 Å². The highest BCUT2D eigenvalue weighted by atomic mass is 16.4. The lowest BCUT2D eigenvalue weighted by Crippen LogP contribution is -2.44. The summed E-state index contributed by atoms with van der Waals surface area (Å²) in [7, 11) is 0. The van der Waals surface area contributed by atoms with Crippen molar-refractivity contribution in [2.24, 2.45) is 5.92 Å². The molecular weight excluding hydrogens is 190 g/mol. The van der Waals surface area contributed by atoms with E-state index in [4.69, 9.17) is 5.11 Å². The van der Waals surface area contributed by atoms with Gasteiger partial charge in [0.05, 0.1) is 0 Å². The van der Waals surface area contributed by atoms with E-state index in [1.54, 1.807) is 4.57 Å². The summed E-state index contributed by atoms with van der Waals surface area (Å²) >= 11 is 0. The van der Waals surface area contributed by atoms with Crippen molar-refractivity contribution in [3.8, 4) is 0 Å². The Balaban J connectivity index is 2.94. The van der Waals surface area contributed by atoms with Gasteiger partial charge in [-0.2, -0.15) is 4.57 Å². The second-order valence-corrected chi connectivity index (χ2v) is 4.31. The van der Waals surface area contributed by atoms with Gasteiger partial charge in [-0.1, -0.05) is 13.8 Å². The first-order chi connectivity index (χ1) is 7.00. The molecule has 1 heterocycles. The molecule has 15 heavy (non-hydrogen) atoms. The molecule has 0 unspecified atom stereocenters. The van der Waals surface area contributed by atoms with Gasteiger partial charge in [-0.15, -0.1) is 0 Å². The molecule has 0 saturated heterocycles. The first-order valence-corrected chi connectivity index (χ1v) is 5.21. The fourth-order valence-corrected chi connectivity index (χ4v) is 1.61. The molecule has 0 radical (unpaired) electrons. The van der Waals surface area contributed by atoms with Gasteiger partial charge >= 0.3 is 5.97 Å². The zero-order chi connectivity index (χ0) is 11.4. The number of nitrogens with zero attached hydrogens (tertiary/aromatic N) is 1. The standard InChI is InChI=1S/C12H17NO2/c1-9(2)7-11(12(14)15)13-6-4-5-10(3)8-13/h4-6,8-9,11H,7H2,1-3H3/p+1/t11-/m0/s1. The molecule has 0 aliphatic rings. The Kier molecular flexibility index (Phi) is 3.83. The van der Waals surface area contributed by atoms with E-state index in [-0.39, 0.29) is 0 Å². The first-order valence-electron chi connectivity index (χ1n) is 5.21. The van der Waals surface area contributed by atoms with Crippen LogP contribution < -0.4 is 4.57 Å². The van der Waals surface area contributed by atoms with Gasteiger partial charge in [-0.25, -0.2) is 4.79 Å². The summed E-state index contributed by atoms with van der Waals surface area (Å²) in [5.74, 6) is -0.390. The SMILES string of the molecule is Cc1ccc[n+]([C@@H](CC(C)C)C(=O)O)c1. The van der Waals surface area contributed by atoms with Crippen molar-refractivity contribution in [2.75, 3.05) is 0 Å². The number of carboxylic acid groups (broad SMARTS) is 1. The van der Waals surface area contributed by atoms with E-state index >= 15 is 0 Å². The van der Waals surface area contributed by atoms with Crippen molar-refractivity contribution < 1.29 is 14.5 Å². The Morgan fingerprint density at radius 1 is 1.53 bits per heavy atom. The van der Waals surface area contributed by atoms with Gasteiger partial charge in [0.15, 0.2) is 12.4 Å². The first kappa shape index (κ1) is 11.7. The minimum absolute atomic E-state index is 0.374. The molecule has 0 aliphatic carbocycles. The summed E-state index contributed by atoms with van der Waals surface area (Å²) in [6, 6.07) is 3.39. The number of rotatable bonds is 4. The maximum atomic E-state index is 11.1. The topological polar surface area (TPSA) is 41.2 Å². The molecular formula is C12H18NO2+. The molecule has 3 nitrogen and oxygen atoms in total. The van der Waals surface area contributed by atoms with Gasteiger partial charge in [0.1, 0.15) is 0 Å². The summed E-state index contributed by atoms with van der Waals surface area (Å²) in [5.41, 5.74) is 1.08. The third-order valence-corrected chi connectivity index (χ3v) is 2.31. The number of pyridine rings is 1. The van der Waals surface area contributed by atoms with Gasteiger partial charge in [0, 0.05) is 18.1 Å². The number of aromatic nitrogens is 1. The van der Waals surface area contributed by atoms with E-state index in [0.29, 0.717) is 12.3 Å². The minimum Gasteiger partial charge on any atom is -0.476 e.